The molecule has 1 rings (SSSR count). The molecule has 0 aliphatic heterocycles. The molecule has 1 aromatic rings. The molecular weight excluding hydrogens is 314 g/mol. The summed E-state index contributed by atoms with van der Waals surface area (Å²) in [5.41, 5.74) is 1.53. The third kappa shape index (κ3) is 13.4. The Morgan fingerprint density at radius 1 is 0.615 bits per heavy atom. The number of hydrogen-bond acceptors (Lipinski definition) is 0. The molecule has 0 spiro atoms. The zero-order chi connectivity index (χ0) is 18.7. The largest absolute Gasteiger partial charge is 0.205 e. The highest BCUT2D eigenvalue weighted by Crippen LogP contribution is 2.12. The summed E-state index contributed by atoms with van der Waals surface area (Å²) < 4.78 is 2.41. The minimum Gasteiger partial charge on any atom is -0.205 e. The smallest absolute Gasteiger partial charge is 0.171 e. The molecule has 0 aliphatic rings. The number of unbranched alkanes of at least 4 members (excludes halogenated alkanes) is 14. The van der Waals surface area contributed by atoms with Gasteiger partial charge in [0.15, 0.2) is 12.4 Å². The van der Waals surface area contributed by atoms with Gasteiger partial charge in [-0.1, -0.05) is 97.3 Å². The standard InChI is InChI=1S/C25H46N/c1-3-5-7-9-11-12-13-14-15-17-20-25-21-19-23-26(24-25)22-18-16-10-8-6-4-2/h19,21,23-24H,3-18,20,22H2,1-2H3/q+1. The van der Waals surface area contributed by atoms with Crippen molar-refractivity contribution < 1.29 is 4.57 Å². The molecule has 0 atom stereocenters. The van der Waals surface area contributed by atoms with Gasteiger partial charge in [0.25, 0.3) is 0 Å². The molecule has 0 aromatic carbocycles. The first-order valence-corrected chi connectivity index (χ1v) is 11.8. The number of rotatable bonds is 18. The van der Waals surface area contributed by atoms with Crippen LogP contribution in [-0.4, -0.2) is 0 Å². The average molecular weight is 361 g/mol. The Hall–Kier alpha value is -0.850. The van der Waals surface area contributed by atoms with Crippen LogP contribution in [0, 0.1) is 0 Å². The highest BCUT2D eigenvalue weighted by atomic mass is 14.9. The topological polar surface area (TPSA) is 3.88 Å². The lowest BCUT2D eigenvalue weighted by Crippen LogP contribution is -2.33. The zero-order valence-corrected chi connectivity index (χ0v) is 18.0. The summed E-state index contributed by atoms with van der Waals surface area (Å²) in [6, 6.07) is 4.55. The lowest BCUT2D eigenvalue weighted by atomic mass is 10.0. The Bertz CT molecular complexity index is 412. The van der Waals surface area contributed by atoms with Crippen molar-refractivity contribution in [3.8, 4) is 0 Å². The number of aryl methyl sites for hydroxylation is 2. The summed E-state index contributed by atoms with van der Waals surface area (Å²) in [4.78, 5) is 0. The van der Waals surface area contributed by atoms with Crippen LogP contribution in [0.25, 0.3) is 0 Å². The van der Waals surface area contributed by atoms with Crippen LogP contribution >= 0.6 is 0 Å². The minimum atomic E-state index is 1.19. The molecule has 0 radical (unpaired) electrons. The van der Waals surface area contributed by atoms with E-state index in [1.54, 1.807) is 0 Å². The molecule has 0 unspecified atom stereocenters. The zero-order valence-electron chi connectivity index (χ0n) is 18.0. The van der Waals surface area contributed by atoms with Crippen molar-refractivity contribution in [1.29, 1.82) is 0 Å². The van der Waals surface area contributed by atoms with E-state index in [4.69, 9.17) is 0 Å². The van der Waals surface area contributed by atoms with E-state index in [9.17, 15) is 0 Å². The first-order valence-electron chi connectivity index (χ1n) is 11.8. The highest BCUT2D eigenvalue weighted by molar-refractivity contribution is 5.05. The average Bonchev–Trinajstić information content (AvgIpc) is 2.66. The van der Waals surface area contributed by atoms with E-state index < -0.39 is 0 Å². The van der Waals surface area contributed by atoms with Gasteiger partial charge in [-0.25, -0.2) is 4.57 Å². The normalized spacial score (nSPS) is 11.2. The second-order valence-corrected chi connectivity index (χ2v) is 8.15. The Morgan fingerprint density at radius 3 is 1.69 bits per heavy atom. The van der Waals surface area contributed by atoms with Gasteiger partial charge in [0.05, 0.1) is 0 Å². The monoisotopic (exact) mass is 360 g/mol. The van der Waals surface area contributed by atoms with E-state index in [2.05, 4.69) is 42.9 Å². The molecule has 0 fully saturated rings. The molecule has 0 N–H and O–H groups in total. The van der Waals surface area contributed by atoms with Crippen molar-refractivity contribution >= 4 is 0 Å². The molecule has 0 saturated carbocycles. The molecule has 0 amide bonds. The Kier molecular flexibility index (Phi) is 15.7. The summed E-state index contributed by atoms with van der Waals surface area (Å²) in [5, 5.41) is 0. The van der Waals surface area contributed by atoms with Crippen molar-refractivity contribution in [2.45, 2.75) is 130 Å². The predicted molar refractivity (Wildman–Crippen MR) is 116 cm³/mol. The van der Waals surface area contributed by atoms with E-state index in [1.807, 2.05) is 0 Å². The molecule has 150 valence electrons. The van der Waals surface area contributed by atoms with Crippen LogP contribution in [-0.2, 0) is 13.0 Å². The van der Waals surface area contributed by atoms with Crippen molar-refractivity contribution in [1.82, 2.24) is 0 Å². The van der Waals surface area contributed by atoms with Gasteiger partial charge in [0.1, 0.15) is 6.54 Å². The van der Waals surface area contributed by atoms with Crippen LogP contribution in [0.4, 0.5) is 0 Å². The van der Waals surface area contributed by atoms with Crippen LogP contribution in [0.5, 0.6) is 0 Å². The van der Waals surface area contributed by atoms with E-state index in [-0.39, 0.29) is 0 Å². The van der Waals surface area contributed by atoms with Crippen LogP contribution < -0.4 is 4.57 Å². The number of nitrogens with zero attached hydrogens (tertiary/aromatic N) is 1. The maximum atomic E-state index is 2.41. The van der Waals surface area contributed by atoms with Gasteiger partial charge in [-0.05, 0) is 25.3 Å². The maximum Gasteiger partial charge on any atom is 0.171 e. The van der Waals surface area contributed by atoms with Gasteiger partial charge >= 0.3 is 0 Å². The SMILES string of the molecule is CCCCCCCCCCCCc1ccc[n+](CCCCCCCC)c1. The fraction of sp³-hybridized carbons (Fsp3) is 0.800. The van der Waals surface area contributed by atoms with Crippen molar-refractivity contribution in [3.63, 3.8) is 0 Å². The maximum absolute atomic E-state index is 2.41. The van der Waals surface area contributed by atoms with E-state index in [1.165, 1.54) is 121 Å². The van der Waals surface area contributed by atoms with Crippen LogP contribution in [0.15, 0.2) is 24.5 Å². The van der Waals surface area contributed by atoms with Crippen LogP contribution in [0.2, 0.25) is 0 Å². The number of pyridine rings is 1. The van der Waals surface area contributed by atoms with Gasteiger partial charge in [-0.2, -0.15) is 0 Å². The first kappa shape index (κ1) is 23.2. The fourth-order valence-electron chi connectivity index (χ4n) is 3.75. The molecule has 0 aliphatic carbocycles. The van der Waals surface area contributed by atoms with Crippen LogP contribution in [0.3, 0.4) is 0 Å². The Balaban J connectivity index is 2.01. The summed E-state index contributed by atoms with van der Waals surface area (Å²) >= 11 is 0. The first-order chi connectivity index (χ1) is 12.9. The van der Waals surface area contributed by atoms with E-state index >= 15 is 0 Å². The van der Waals surface area contributed by atoms with Crippen LogP contribution in [0.1, 0.15) is 122 Å². The molecule has 1 nitrogen and oxygen atoms in total. The summed E-state index contributed by atoms with van der Waals surface area (Å²) in [6.07, 6.45) is 28.4. The lowest BCUT2D eigenvalue weighted by Gasteiger charge is -2.03. The van der Waals surface area contributed by atoms with E-state index in [0.29, 0.717) is 0 Å². The van der Waals surface area contributed by atoms with Crippen molar-refractivity contribution in [3.05, 3.63) is 30.1 Å². The third-order valence-electron chi connectivity index (χ3n) is 5.51. The molecule has 0 saturated heterocycles. The van der Waals surface area contributed by atoms with Crippen molar-refractivity contribution in [2.24, 2.45) is 0 Å². The highest BCUT2D eigenvalue weighted by Gasteiger charge is 2.03. The van der Waals surface area contributed by atoms with Gasteiger partial charge in [-0.15, -0.1) is 0 Å². The van der Waals surface area contributed by atoms with Gasteiger partial charge in [-0.3, -0.25) is 0 Å². The quantitative estimate of drug-likeness (QED) is 0.186. The lowest BCUT2D eigenvalue weighted by molar-refractivity contribution is -0.697. The molecule has 0 bridgehead atoms. The third-order valence-corrected chi connectivity index (χ3v) is 5.51. The summed E-state index contributed by atoms with van der Waals surface area (Å²) in [5.74, 6) is 0. The predicted octanol–water partition coefficient (Wildman–Crippen LogP) is 7.80. The second-order valence-electron chi connectivity index (χ2n) is 8.15. The van der Waals surface area contributed by atoms with E-state index in [0.717, 1.165) is 0 Å². The molecule has 1 aromatic heterocycles. The Labute approximate surface area is 164 Å². The second kappa shape index (κ2) is 17.6. The molecule has 26 heavy (non-hydrogen) atoms. The molecule has 1 heterocycles. The number of aromatic nitrogens is 1. The fourth-order valence-corrected chi connectivity index (χ4v) is 3.75. The van der Waals surface area contributed by atoms with Gasteiger partial charge < -0.3 is 0 Å². The summed E-state index contributed by atoms with van der Waals surface area (Å²) in [7, 11) is 0. The molecule has 1 heteroatoms. The summed E-state index contributed by atoms with van der Waals surface area (Å²) in [6.45, 7) is 5.77. The minimum absolute atomic E-state index is 1.19. The van der Waals surface area contributed by atoms with Gasteiger partial charge in [0.2, 0.25) is 0 Å². The van der Waals surface area contributed by atoms with Crippen molar-refractivity contribution in [2.75, 3.05) is 0 Å². The Morgan fingerprint density at radius 2 is 1.12 bits per heavy atom. The van der Waals surface area contributed by atoms with Gasteiger partial charge in [0, 0.05) is 18.1 Å². The molecular formula is C25H46N+. The number of hydrogen-bond donors (Lipinski definition) is 0.